The fourth-order valence-corrected chi connectivity index (χ4v) is 3.51. The molecule has 134 valence electrons. The Hall–Kier alpha value is -1.67. The SMILES string of the molecule is C[C@H](NC(=S)Nc1cccc(S(=O)(=O)N(C)C)c1)c1ccc(Cl)cc1. The van der Waals surface area contributed by atoms with E-state index in [1.165, 1.54) is 18.4 Å². The largest absolute Gasteiger partial charge is 0.356 e. The zero-order valence-corrected chi connectivity index (χ0v) is 16.5. The molecule has 2 aromatic carbocycles. The first kappa shape index (κ1) is 19.7. The van der Waals surface area contributed by atoms with Crippen molar-refractivity contribution in [3.8, 4) is 0 Å². The molecule has 5 nitrogen and oxygen atoms in total. The molecule has 2 rings (SSSR count). The zero-order chi connectivity index (χ0) is 18.6. The highest BCUT2D eigenvalue weighted by molar-refractivity contribution is 7.89. The summed E-state index contributed by atoms with van der Waals surface area (Å²) in [6.45, 7) is 1.98. The van der Waals surface area contributed by atoms with E-state index in [1.807, 2.05) is 31.2 Å². The third-order valence-electron chi connectivity index (χ3n) is 3.59. The van der Waals surface area contributed by atoms with Gasteiger partial charge >= 0.3 is 0 Å². The van der Waals surface area contributed by atoms with E-state index in [9.17, 15) is 8.42 Å². The molecule has 0 aliphatic heterocycles. The minimum absolute atomic E-state index is 0.0223. The quantitative estimate of drug-likeness (QED) is 0.754. The van der Waals surface area contributed by atoms with Crippen molar-refractivity contribution in [3.05, 3.63) is 59.1 Å². The molecule has 8 heteroatoms. The lowest BCUT2D eigenvalue weighted by Crippen LogP contribution is -2.31. The molecule has 0 aliphatic rings. The molecule has 0 spiro atoms. The van der Waals surface area contributed by atoms with Crippen molar-refractivity contribution in [1.82, 2.24) is 9.62 Å². The van der Waals surface area contributed by atoms with E-state index >= 15 is 0 Å². The van der Waals surface area contributed by atoms with Gasteiger partial charge in [0.25, 0.3) is 0 Å². The standard InChI is InChI=1S/C17H20ClN3O2S2/c1-12(13-7-9-14(18)10-8-13)19-17(24)20-15-5-4-6-16(11-15)25(22,23)21(2)3/h4-12H,1-3H3,(H2,19,20,24)/t12-/m0/s1. The molecule has 0 unspecified atom stereocenters. The van der Waals surface area contributed by atoms with Gasteiger partial charge in [0.1, 0.15) is 0 Å². The molecule has 0 amide bonds. The molecule has 2 aromatic rings. The summed E-state index contributed by atoms with van der Waals surface area (Å²) in [6.07, 6.45) is 0. The monoisotopic (exact) mass is 397 g/mol. The van der Waals surface area contributed by atoms with Crippen LogP contribution in [0.4, 0.5) is 5.69 Å². The average Bonchev–Trinajstić information content (AvgIpc) is 2.55. The molecule has 0 fully saturated rings. The van der Waals surface area contributed by atoms with Crippen LogP contribution in [-0.2, 0) is 10.0 Å². The topological polar surface area (TPSA) is 61.4 Å². The van der Waals surface area contributed by atoms with Gasteiger partial charge < -0.3 is 10.6 Å². The molecule has 0 aromatic heterocycles. The lowest BCUT2D eigenvalue weighted by Gasteiger charge is -2.18. The van der Waals surface area contributed by atoms with Gasteiger partial charge in [0.05, 0.1) is 10.9 Å². The summed E-state index contributed by atoms with van der Waals surface area (Å²) in [5, 5.41) is 7.26. The predicted molar refractivity (Wildman–Crippen MR) is 107 cm³/mol. The van der Waals surface area contributed by atoms with E-state index in [4.69, 9.17) is 23.8 Å². The first-order chi connectivity index (χ1) is 11.7. The van der Waals surface area contributed by atoms with Crippen LogP contribution in [0.1, 0.15) is 18.5 Å². The van der Waals surface area contributed by atoms with Crippen LogP contribution < -0.4 is 10.6 Å². The van der Waals surface area contributed by atoms with E-state index in [0.717, 1.165) is 5.56 Å². The van der Waals surface area contributed by atoms with Gasteiger partial charge in [0.2, 0.25) is 10.0 Å². The van der Waals surface area contributed by atoms with Crippen LogP contribution in [0.15, 0.2) is 53.4 Å². The van der Waals surface area contributed by atoms with Crippen molar-refractivity contribution < 1.29 is 8.42 Å². The summed E-state index contributed by atoms with van der Waals surface area (Å²) >= 11 is 11.2. The van der Waals surface area contributed by atoms with E-state index in [2.05, 4.69) is 10.6 Å². The number of sulfonamides is 1. The van der Waals surface area contributed by atoms with Crippen LogP contribution in [0.5, 0.6) is 0 Å². The van der Waals surface area contributed by atoms with Crippen LogP contribution in [-0.4, -0.2) is 31.9 Å². The number of anilines is 1. The molecule has 0 heterocycles. The highest BCUT2D eigenvalue weighted by Crippen LogP contribution is 2.19. The van der Waals surface area contributed by atoms with Crippen molar-refractivity contribution in [3.63, 3.8) is 0 Å². The predicted octanol–water partition coefficient (Wildman–Crippen LogP) is 3.64. The number of nitrogens with zero attached hydrogens (tertiary/aromatic N) is 1. The fourth-order valence-electron chi connectivity index (χ4n) is 2.14. The molecule has 0 aliphatic carbocycles. The average molecular weight is 398 g/mol. The maximum absolute atomic E-state index is 12.2. The molecular weight excluding hydrogens is 378 g/mol. The number of nitrogens with one attached hydrogen (secondary N) is 2. The van der Waals surface area contributed by atoms with Crippen LogP contribution in [0.25, 0.3) is 0 Å². The third-order valence-corrected chi connectivity index (χ3v) is 5.87. The Bertz CT molecular complexity index is 852. The van der Waals surface area contributed by atoms with E-state index in [1.54, 1.807) is 24.3 Å². The Labute approximate surface area is 159 Å². The van der Waals surface area contributed by atoms with Gasteiger partial charge in [-0.15, -0.1) is 0 Å². The first-order valence-electron chi connectivity index (χ1n) is 7.56. The van der Waals surface area contributed by atoms with Gasteiger partial charge in [0, 0.05) is 24.8 Å². The normalized spacial score (nSPS) is 12.7. The second-order valence-electron chi connectivity index (χ2n) is 5.69. The molecule has 0 bridgehead atoms. The number of rotatable bonds is 5. The van der Waals surface area contributed by atoms with Crippen molar-refractivity contribution in [1.29, 1.82) is 0 Å². The Kier molecular flexibility index (Phi) is 6.40. The van der Waals surface area contributed by atoms with Crippen molar-refractivity contribution in [2.75, 3.05) is 19.4 Å². The molecule has 0 saturated heterocycles. The smallest absolute Gasteiger partial charge is 0.242 e. The second kappa shape index (κ2) is 8.14. The summed E-state index contributed by atoms with van der Waals surface area (Å²) in [7, 11) is -0.497. The van der Waals surface area contributed by atoms with Gasteiger partial charge in [-0.05, 0) is 55.0 Å². The van der Waals surface area contributed by atoms with E-state index in [-0.39, 0.29) is 10.9 Å². The maximum Gasteiger partial charge on any atom is 0.242 e. The molecule has 2 N–H and O–H groups in total. The fraction of sp³-hybridized carbons (Fsp3) is 0.235. The molecule has 0 radical (unpaired) electrons. The Morgan fingerprint density at radius 1 is 1.16 bits per heavy atom. The van der Waals surface area contributed by atoms with Gasteiger partial charge in [-0.25, -0.2) is 12.7 Å². The summed E-state index contributed by atoms with van der Waals surface area (Å²) in [5.41, 5.74) is 1.64. The van der Waals surface area contributed by atoms with Gasteiger partial charge in [-0.2, -0.15) is 0 Å². The van der Waals surface area contributed by atoms with Crippen molar-refractivity contribution >= 4 is 44.6 Å². The minimum Gasteiger partial charge on any atom is -0.356 e. The Morgan fingerprint density at radius 2 is 1.80 bits per heavy atom. The molecular formula is C17H20ClN3O2S2. The highest BCUT2D eigenvalue weighted by atomic mass is 35.5. The number of thiocarbonyl (C=S) groups is 1. The van der Waals surface area contributed by atoms with Crippen LogP contribution in [0, 0.1) is 0 Å². The first-order valence-corrected chi connectivity index (χ1v) is 9.78. The maximum atomic E-state index is 12.2. The summed E-state index contributed by atoms with van der Waals surface area (Å²) in [4.78, 5) is 0.205. The third kappa shape index (κ3) is 5.15. The van der Waals surface area contributed by atoms with Crippen molar-refractivity contribution in [2.24, 2.45) is 0 Å². The second-order valence-corrected chi connectivity index (χ2v) is 8.68. The molecule has 1 atom stereocenters. The Balaban J connectivity index is 2.07. The Morgan fingerprint density at radius 3 is 2.40 bits per heavy atom. The van der Waals surface area contributed by atoms with Crippen LogP contribution in [0.3, 0.4) is 0 Å². The van der Waals surface area contributed by atoms with Gasteiger partial charge in [0.15, 0.2) is 5.11 Å². The lowest BCUT2D eigenvalue weighted by atomic mass is 10.1. The number of benzene rings is 2. The summed E-state index contributed by atoms with van der Waals surface area (Å²) in [6, 6.07) is 14.0. The van der Waals surface area contributed by atoms with Crippen molar-refractivity contribution in [2.45, 2.75) is 17.9 Å². The van der Waals surface area contributed by atoms with Crippen LogP contribution in [0.2, 0.25) is 5.02 Å². The number of halogens is 1. The number of hydrogen-bond acceptors (Lipinski definition) is 3. The van der Waals surface area contributed by atoms with Gasteiger partial charge in [-0.3, -0.25) is 0 Å². The molecule has 0 saturated carbocycles. The molecule has 25 heavy (non-hydrogen) atoms. The number of hydrogen-bond donors (Lipinski definition) is 2. The lowest BCUT2D eigenvalue weighted by molar-refractivity contribution is 0.521. The zero-order valence-electron chi connectivity index (χ0n) is 14.2. The van der Waals surface area contributed by atoms with E-state index in [0.29, 0.717) is 15.8 Å². The van der Waals surface area contributed by atoms with E-state index < -0.39 is 10.0 Å². The summed E-state index contributed by atoms with van der Waals surface area (Å²) in [5.74, 6) is 0. The summed E-state index contributed by atoms with van der Waals surface area (Å²) < 4.78 is 25.6. The van der Waals surface area contributed by atoms with Crippen LogP contribution >= 0.6 is 23.8 Å². The minimum atomic E-state index is -3.49. The van der Waals surface area contributed by atoms with Gasteiger partial charge in [-0.1, -0.05) is 29.8 Å². The highest BCUT2D eigenvalue weighted by Gasteiger charge is 2.17.